The molecule has 2 rings (SSSR count). The molecule has 0 unspecified atom stereocenters. The van der Waals surface area contributed by atoms with Crippen LogP contribution in [0.5, 0.6) is 5.75 Å². The zero-order valence-corrected chi connectivity index (χ0v) is 11.1. The van der Waals surface area contributed by atoms with Crippen LogP contribution in [0.3, 0.4) is 0 Å². The lowest BCUT2D eigenvalue weighted by atomic mass is 9.97. The fourth-order valence-corrected chi connectivity index (χ4v) is 2.41. The quantitative estimate of drug-likeness (QED) is 0.838. The molecule has 0 fully saturated rings. The van der Waals surface area contributed by atoms with Gasteiger partial charge in [-0.3, -0.25) is 4.79 Å². The molecule has 1 aromatic carbocycles. The maximum absolute atomic E-state index is 11.8. The van der Waals surface area contributed by atoms with E-state index < -0.39 is 0 Å². The third kappa shape index (κ3) is 1.92. The van der Waals surface area contributed by atoms with Crippen LogP contribution in [-0.4, -0.2) is 17.9 Å². The van der Waals surface area contributed by atoms with E-state index in [4.69, 9.17) is 4.74 Å². The molecule has 0 aliphatic rings. The molecule has 0 saturated carbocycles. The Bertz CT molecular complexity index is 597. The summed E-state index contributed by atoms with van der Waals surface area (Å²) < 4.78 is 5.37. The number of ether oxygens (including phenoxy) is 1. The van der Waals surface area contributed by atoms with Crippen molar-refractivity contribution in [1.29, 1.82) is 0 Å². The average Bonchev–Trinajstić information content (AvgIpc) is 2.64. The van der Waals surface area contributed by atoms with Gasteiger partial charge in [0.2, 0.25) is 0 Å². The molecule has 1 N–H and O–H groups in total. The van der Waals surface area contributed by atoms with Crippen LogP contribution in [0.15, 0.2) is 24.3 Å². The van der Waals surface area contributed by atoms with Gasteiger partial charge < -0.3 is 9.72 Å². The molecule has 0 atom stereocenters. The third-order valence-corrected chi connectivity index (χ3v) is 3.10. The van der Waals surface area contributed by atoms with Crippen molar-refractivity contribution in [3.8, 4) is 16.9 Å². The second-order valence-corrected chi connectivity index (χ2v) is 4.38. The Hall–Kier alpha value is -2.03. The number of Topliss-reactive ketones (excluding diaryl/α,β-unsaturated/α-hetero) is 1. The summed E-state index contributed by atoms with van der Waals surface area (Å²) in [7, 11) is 1.64. The van der Waals surface area contributed by atoms with Crippen molar-refractivity contribution in [3.05, 3.63) is 41.2 Å². The minimum absolute atomic E-state index is 0.0674. The predicted octanol–water partition coefficient (Wildman–Crippen LogP) is 3.51. The molecule has 0 spiro atoms. The molecule has 94 valence electrons. The summed E-state index contributed by atoms with van der Waals surface area (Å²) in [6.07, 6.45) is 0. The highest BCUT2D eigenvalue weighted by atomic mass is 16.5. The number of aryl methyl sites for hydroxylation is 2. The van der Waals surface area contributed by atoms with E-state index >= 15 is 0 Å². The van der Waals surface area contributed by atoms with Gasteiger partial charge in [-0.2, -0.15) is 0 Å². The smallest absolute Gasteiger partial charge is 0.162 e. The number of hydrogen-bond acceptors (Lipinski definition) is 2. The van der Waals surface area contributed by atoms with E-state index in [1.165, 1.54) is 0 Å². The molecule has 0 saturated heterocycles. The Morgan fingerprint density at radius 1 is 1.17 bits per heavy atom. The largest absolute Gasteiger partial charge is 0.496 e. The topological polar surface area (TPSA) is 42.1 Å². The number of ketones is 1. The molecule has 0 aliphatic carbocycles. The summed E-state index contributed by atoms with van der Waals surface area (Å²) in [6, 6.07) is 7.75. The number of carbonyl (C=O) groups excluding carboxylic acids is 1. The van der Waals surface area contributed by atoms with E-state index in [9.17, 15) is 4.79 Å². The molecule has 18 heavy (non-hydrogen) atoms. The van der Waals surface area contributed by atoms with Gasteiger partial charge in [0.15, 0.2) is 5.78 Å². The first kappa shape index (κ1) is 12.4. The van der Waals surface area contributed by atoms with Crippen LogP contribution in [0.1, 0.15) is 28.7 Å². The molecular formula is C15H17NO2. The molecule has 1 aromatic heterocycles. The van der Waals surface area contributed by atoms with Gasteiger partial charge in [-0.25, -0.2) is 0 Å². The lowest BCUT2D eigenvalue weighted by Crippen LogP contribution is -1.97. The van der Waals surface area contributed by atoms with Gasteiger partial charge in [0.05, 0.1) is 7.11 Å². The van der Waals surface area contributed by atoms with Crippen LogP contribution in [0.4, 0.5) is 0 Å². The highest BCUT2D eigenvalue weighted by molar-refractivity contribution is 6.03. The Kier molecular flexibility index (Phi) is 3.24. The lowest BCUT2D eigenvalue weighted by molar-refractivity contribution is 0.101. The van der Waals surface area contributed by atoms with E-state index in [1.807, 2.05) is 38.1 Å². The maximum atomic E-state index is 11.8. The van der Waals surface area contributed by atoms with E-state index in [0.29, 0.717) is 0 Å². The van der Waals surface area contributed by atoms with Crippen molar-refractivity contribution in [2.24, 2.45) is 0 Å². The van der Waals surface area contributed by atoms with Gasteiger partial charge in [0.25, 0.3) is 0 Å². The monoisotopic (exact) mass is 243 g/mol. The molecule has 0 amide bonds. The number of benzene rings is 1. The number of rotatable bonds is 3. The Morgan fingerprint density at radius 3 is 2.44 bits per heavy atom. The minimum atomic E-state index is 0.0674. The van der Waals surface area contributed by atoms with Gasteiger partial charge in [-0.05, 0) is 26.8 Å². The zero-order valence-electron chi connectivity index (χ0n) is 11.1. The van der Waals surface area contributed by atoms with E-state index in [-0.39, 0.29) is 5.78 Å². The van der Waals surface area contributed by atoms with Gasteiger partial charge in [0.1, 0.15) is 5.75 Å². The Labute approximate surface area is 107 Å². The number of methoxy groups -OCH3 is 1. The molecular weight excluding hydrogens is 226 g/mol. The van der Waals surface area contributed by atoms with Crippen LogP contribution in [0, 0.1) is 13.8 Å². The number of hydrogen-bond donors (Lipinski definition) is 1. The third-order valence-electron chi connectivity index (χ3n) is 3.10. The van der Waals surface area contributed by atoms with Crippen molar-refractivity contribution in [1.82, 2.24) is 4.98 Å². The first-order valence-corrected chi connectivity index (χ1v) is 5.89. The maximum Gasteiger partial charge on any atom is 0.162 e. The minimum Gasteiger partial charge on any atom is -0.496 e. The number of nitrogens with one attached hydrogen (secondary N) is 1. The summed E-state index contributed by atoms with van der Waals surface area (Å²) in [6.45, 7) is 5.48. The average molecular weight is 243 g/mol. The summed E-state index contributed by atoms with van der Waals surface area (Å²) >= 11 is 0. The summed E-state index contributed by atoms with van der Waals surface area (Å²) in [5.74, 6) is 0.847. The van der Waals surface area contributed by atoms with E-state index in [1.54, 1.807) is 14.0 Å². The highest BCUT2D eigenvalue weighted by Gasteiger charge is 2.19. The normalized spacial score (nSPS) is 10.4. The fourth-order valence-electron chi connectivity index (χ4n) is 2.41. The van der Waals surface area contributed by atoms with Crippen LogP contribution >= 0.6 is 0 Å². The molecule has 0 aliphatic heterocycles. The Balaban J connectivity index is 2.74. The van der Waals surface area contributed by atoms with Crippen molar-refractivity contribution in [2.75, 3.05) is 7.11 Å². The number of H-pyrrole nitrogens is 1. The van der Waals surface area contributed by atoms with Gasteiger partial charge in [0, 0.05) is 28.1 Å². The second-order valence-electron chi connectivity index (χ2n) is 4.38. The molecule has 1 heterocycles. The van der Waals surface area contributed by atoms with Gasteiger partial charge >= 0.3 is 0 Å². The molecule has 3 heteroatoms. The van der Waals surface area contributed by atoms with Crippen molar-refractivity contribution in [3.63, 3.8) is 0 Å². The molecule has 3 nitrogen and oxygen atoms in total. The first-order valence-electron chi connectivity index (χ1n) is 5.89. The number of carbonyl (C=O) groups is 1. The van der Waals surface area contributed by atoms with Gasteiger partial charge in [-0.1, -0.05) is 18.2 Å². The standard InChI is InChI=1S/C15H17NO2/c1-9-14(11(3)17)15(10(2)16-9)12-7-5-6-8-13(12)18-4/h5-8,16H,1-4H3. The van der Waals surface area contributed by atoms with E-state index in [0.717, 1.165) is 33.8 Å². The van der Waals surface area contributed by atoms with E-state index in [2.05, 4.69) is 4.98 Å². The van der Waals surface area contributed by atoms with Crippen molar-refractivity contribution in [2.45, 2.75) is 20.8 Å². The zero-order chi connectivity index (χ0) is 13.3. The Morgan fingerprint density at radius 2 is 1.83 bits per heavy atom. The van der Waals surface area contributed by atoms with Crippen LogP contribution < -0.4 is 4.74 Å². The summed E-state index contributed by atoms with van der Waals surface area (Å²) in [5, 5.41) is 0. The second kappa shape index (κ2) is 4.69. The van der Waals surface area contributed by atoms with Crippen molar-refractivity contribution >= 4 is 5.78 Å². The molecule has 0 bridgehead atoms. The van der Waals surface area contributed by atoms with Crippen LogP contribution in [0.2, 0.25) is 0 Å². The fraction of sp³-hybridized carbons (Fsp3) is 0.267. The SMILES string of the molecule is COc1ccccc1-c1c(C)[nH]c(C)c1C(C)=O. The highest BCUT2D eigenvalue weighted by Crippen LogP contribution is 2.36. The molecule has 2 aromatic rings. The number of aromatic amines is 1. The number of aromatic nitrogens is 1. The predicted molar refractivity (Wildman–Crippen MR) is 72.3 cm³/mol. The van der Waals surface area contributed by atoms with Crippen molar-refractivity contribution < 1.29 is 9.53 Å². The summed E-state index contributed by atoms with van der Waals surface area (Å²) in [5.41, 5.74) is 4.53. The lowest BCUT2D eigenvalue weighted by Gasteiger charge is -2.09. The van der Waals surface area contributed by atoms with Crippen LogP contribution in [-0.2, 0) is 0 Å². The summed E-state index contributed by atoms with van der Waals surface area (Å²) in [4.78, 5) is 15.0. The van der Waals surface area contributed by atoms with Gasteiger partial charge in [-0.15, -0.1) is 0 Å². The van der Waals surface area contributed by atoms with Crippen LogP contribution in [0.25, 0.3) is 11.1 Å². The molecule has 0 radical (unpaired) electrons. The number of para-hydroxylation sites is 1. The first-order chi connectivity index (χ1) is 8.56.